The zero-order valence-electron chi connectivity index (χ0n) is 19.9. The molecule has 0 spiro atoms. The third-order valence-corrected chi connectivity index (χ3v) is 6.11. The Kier molecular flexibility index (Phi) is 7.19. The Morgan fingerprint density at radius 3 is 1.82 bits per heavy atom. The predicted octanol–water partition coefficient (Wildman–Crippen LogP) is 2.87. The highest BCUT2D eigenvalue weighted by molar-refractivity contribution is 5.92. The first-order valence-corrected chi connectivity index (χ1v) is 11.3. The summed E-state index contributed by atoms with van der Waals surface area (Å²) < 4.78 is 79.1. The van der Waals surface area contributed by atoms with Crippen LogP contribution in [-0.4, -0.2) is 63.3 Å². The van der Waals surface area contributed by atoms with Gasteiger partial charge in [-0.05, 0) is 49.0 Å². The molecule has 1 aliphatic heterocycles. The number of piperazine rings is 1. The standard InChI is InChI=1S/C24H21F6N5O3/c1-32-10-12-33(13-11-32)20(36)19-21(37)34(14-15-2-4-16(5-3-15)23(25,26)27)22(38)35(31-19)18-8-6-17(7-9-18)24(28,29)30/h2-9H,10-14H2,1H3. The van der Waals surface area contributed by atoms with Crippen LogP contribution < -0.4 is 11.2 Å². The van der Waals surface area contributed by atoms with Gasteiger partial charge in [0.25, 0.3) is 11.5 Å². The molecule has 3 aromatic rings. The molecule has 1 amide bonds. The Bertz CT molecular complexity index is 1440. The first-order valence-electron chi connectivity index (χ1n) is 11.3. The lowest BCUT2D eigenvalue weighted by Crippen LogP contribution is -2.51. The SMILES string of the molecule is CN1CCN(C(=O)c2nn(-c3ccc(C(F)(F)F)cc3)c(=O)n(Cc3ccc(C(F)(F)F)cc3)c2=O)CC1. The summed E-state index contributed by atoms with van der Waals surface area (Å²) in [6.45, 7) is 1.08. The summed E-state index contributed by atoms with van der Waals surface area (Å²) in [6.07, 6.45) is -9.23. The minimum absolute atomic E-state index is 0.142. The van der Waals surface area contributed by atoms with Crippen molar-refractivity contribution in [1.29, 1.82) is 0 Å². The van der Waals surface area contributed by atoms with Gasteiger partial charge in [0.05, 0.1) is 23.4 Å². The smallest absolute Gasteiger partial charge is 0.335 e. The molecule has 0 saturated carbocycles. The maximum atomic E-state index is 13.2. The van der Waals surface area contributed by atoms with Gasteiger partial charge in [-0.3, -0.25) is 14.2 Å². The van der Waals surface area contributed by atoms with Crippen molar-refractivity contribution in [2.24, 2.45) is 0 Å². The van der Waals surface area contributed by atoms with Gasteiger partial charge in [0.15, 0.2) is 0 Å². The molecule has 0 aliphatic carbocycles. The fourth-order valence-electron chi connectivity index (χ4n) is 3.89. The molecule has 0 unspecified atom stereocenters. The molecule has 0 N–H and O–H groups in total. The highest BCUT2D eigenvalue weighted by Crippen LogP contribution is 2.30. The number of benzene rings is 2. The molecule has 8 nitrogen and oxygen atoms in total. The number of amides is 1. The van der Waals surface area contributed by atoms with Gasteiger partial charge in [0, 0.05) is 26.2 Å². The van der Waals surface area contributed by atoms with Crippen LogP contribution in [0.1, 0.15) is 27.2 Å². The number of alkyl halides is 6. The van der Waals surface area contributed by atoms with E-state index in [-0.39, 0.29) is 24.3 Å². The molecule has 1 saturated heterocycles. The molecule has 0 bridgehead atoms. The number of likely N-dealkylation sites (N-methyl/N-ethyl adjacent to an activating group) is 1. The van der Waals surface area contributed by atoms with Gasteiger partial charge in [-0.2, -0.15) is 36.1 Å². The molecule has 2 heterocycles. The first-order chi connectivity index (χ1) is 17.8. The van der Waals surface area contributed by atoms with E-state index >= 15 is 0 Å². The van der Waals surface area contributed by atoms with E-state index in [2.05, 4.69) is 5.10 Å². The monoisotopic (exact) mass is 541 g/mol. The van der Waals surface area contributed by atoms with Gasteiger partial charge in [0.1, 0.15) is 0 Å². The van der Waals surface area contributed by atoms with E-state index in [9.17, 15) is 40.7 Å². The molecule has 38 heavy (non-hydrogen) atoms. The number of aromatic nitrogens is 3. The van der Waals surface area contributed by atoms with Crippen LogP contribution in [-0.2, 0) is 18.9 Å². The normalized spacial score (nSPS) is 15.1. The van der Waals surface area contributed by atoms with Gasteiger partial charge in [-0.1, -0.05) is 12.1 Å². The first kappa shape index (κ1) is 27.1. The van der Waals surface area contributed by atoms with E-state index in [4.69, 9.17) is 0 Å². The quantitative estimate of drug-likeness (QED) is 0.475. The number of hydrogen-bond acceptors (Lipinski definition) is 5. The van der Waals surface area contributed by atoms with Crippen LogP contribution in [0.2, 0.25) is 0 Å². The number of carbonyl (C=O) groups excluding carboxylic acids is 1. The third kappa shape index (κ3) is 5.64. The second kappa shape index (κ2) is 10.1. The van der Waals surface area contributed by atoms with Crippen LogP contribution in [0.25, 0.3) is 5.69 Å². The second-order valence-corrected chi connectivity index (χ2v) is 8.77. The molecule has 0 atom stereocenters. The summed E-state index contributed by atoms with van der Waals surface area (Å²) in [5, 5.41) is 3.91. The van der Waals surface area contributed by atoms with Crippen LogP contribution in [0.5, 0.6) is 0 Å². The number of halogens is 6. The van der Waals surface area contributed by atoms with E-state index in [1.807, 2.05) is 11.9 Å². The molecular formula is C24H21F6N5O3. The van der Waals surface area contributed by atoms with Crippen molar-refractivity contribution in [1.82, 2.24) is 24.1 Å². The lowest BCUT2D eigenvalue weighted by molar-refractivity contribution is -0.138. The number of hydrogen-bond donors (Lipinski definition) is 0. The highest BCUT2D eigenvalue weighted by atomic mass is 19.4. The molecule has 1 aromatic heterocycles. The van der Waals surface area contributed by atoms with Crippen LogP contribution in [0, 0.1) is 0 Å². The average molecular weight is 541 g/mol. The van der Waals surface area contributed by atoms with E-state index in [1.165, 1.54) is 4.90 Å². The van der Waals surface area contributed by atoms with Crippen molar-refractivity contribution >= 4 is 5.91 Å². The molecule has 1 fully saturated rings. The zero-order chi connectivity index (χ0) is 27.8. The molecule has 2 aromatic carbocycles. The van der Waals surface area contributed by atoms with Gasteiger partial charge < -0.3 is 9.80 Å². The Morgan fingerprint density at radius 2 is 1.32 bits per heavy atom. The summed E-state index contributed by atoms with van der Waals surface area (Å²) in [4.78, 5) is 43.0. The fraction of sp³-hybridized carbons (Fsp3) is 0.333. The number of nitrogens with zero attached hydrogens (tertiary/aromatic N) is 5. The van der Waals surface area contributed by atoms with E-state index < -0.39 is 52.9 Å². The van der Waals surface area contributed by atoms with E-state index in [0.29, 0.717) is 22.3 Å². The highest BCUT2D eigenvalue weighted by Gasteiger charge is 2.32. The Hall–Kier alpha value is -3.94. The van der Waals surface area contributed by atoms with Crippen LogP contribution >= 0.6 is 0 Å². The van der Waals surface area contributed by atoms with Crippen LogP contribution in [0.3, 0.4) is 0 Å². The number of carbonyl (C=O) groups is 1. The van der Waals surface area contributed by atoms with Crippen molar-refractivity contribution in [3.05, 3.63) is 91.8 Å². The molecule has 1 aliphatic rings. The van der Waals surface area contributed by atoms with E-state index in [1.54, 1.807) is 0 Å². The van der Waals surface area contributed by atoms with Crippen molar-refractivity contribution in [3.8, 4) is 5.69 Å². The van der Waals surface area contributed by atoms with Crippen LogP contribution in [0.15, 0.2) is 58.1 Å². The molecule has 202 valence electrons. The molecular weight excluding hydrogens is 520 g/mol. The maximum Gasteiger partial charge on any atom is 0.416 e. The van der Waals surface area contributed by atoms with Gasteiger partial charge >= 0.3 is 18.0 Å². The molecule has 14 heteroatoms. The van der Waals surface area contributed by atoms with Gasteiger partial charge in [-0.15, -0.1) is 0 Å². The fourth-order valence-corrected chi connectivity index (χ4v) is 3.89. The second-order valence-electron chi connectivity index (χ2n) is 8.77. The summed E-state index contributed by atoms with van der Waals surface area (Å²) in [5.74, 6) is -0.773. The Morgan fingerprint density at radius 1 is 0.816 bits per heavy atom. The summed E-state index contributed by atoms with van der Waals surface area (Å²) in [5.41, 5.74) is -4.69. The van der Waals surface area contributed by atoms with Crippen molar-refractivity contribution in [3.63, 3.8) is 0 Å². The lowest BCUT2D eigenvalue weighted by Gasteiger charge is -2.32. The van der Waals surface area contributed by atoms with Gasteiger partial charge in [-0.25, -0.2) is 4.79 Å². The average Bonchev–Trinajstić information content (AvgIpc) is 2.86. The number of rotatable bonds is 4. The predicted molar refractivity (Wildman–Crippen MR) is 123 cm³/mol. The summed E-state index contributed by atoms with van der Waals surface area (Å²) in [7, 11) is 1.85. The Balaban J connectivity index is 1.81. The maximum absolute atomic E-state index is 13.2. The topological polar surface area (TPSA) is 80.4 Å². The van der Waals surface area contributed by atoms with Crippen LogP contribution in [0.4, 0.5) is 26.3 Å². The zero-order valence-corrected chi connectivity index (χ0v) is 19.9. The van der Waals surface area contributed by atoms with Crippen molar-refractivity contribution < 1.29 is 31.1 Å². The van der Waals surface area contributed by atoms with E-state index in [0.717, 1.165) is 48.5 Å². The minimum atomic E-state index is -4.64. The molecule has 0 radical (unpaired) electrons. The largest absolute Gasteiger partial charge is 0.416 e. The third-order valence-electron chi connectivity index (χ3n) is 6.11. The summed E-state index contributed by atoms with van der Waals surface area (Å²) >= 11 is 0. The van der Waals surface area contributed by atoms with Crippen molar-refractivity contribution in [2.75, 3.05) is 33.2 Å². The molecule has 4 rings (SSSR count). The van der Waals surface area contributed by atoms with Gasteiger partial charge in [0.2, 0.25) is 5.69 Å². The lowest BCUT2D eigenvalue weighted by atomic mass is 10.1. The minimum Gasteiger partial charge on any atom is -0.335 e. The van der Waals surface area contributed by atoms with Crippen molar-refractivity contribution in [2.45, 2.75) is 18.9 Å². The summed E-state index contributed by atoms with van der Waals surface area (Å²) in [6, 6.07) is 7.10. The Labute approximate surface area is 211 Å².